The first-order valence-corrected chi connectivity index (χ1v) is 6.40. The second-order valence-electron chi connectivity index (χ2n) is 4.19. The molecule has 0 atom stereocenters. The number of nitrogens with zero attached hydrogens (tertiary/aromatic N) is 3. The van der Waals surface area contributed by atoms with Gasteiger partial charge < -0.3 is 4.74 Å². The summed E-state index contributed by atoms with van der Waals surface area (Å²) in [5, 5.41) is 9.75. The molecule has 0 aliphatic carbocycles. The number of imidazole rings is 1. The Kier molecular flexibility index (Phi) is 3.28. The zero-order valence-corrected chi connectivity index (χ0v) is 11.2. The van der Waals surface area contributed by atoms with Gasteiger partial charge in [0.1, 0.15) is 18.4 Å². The number of nitriles is 1. The first kappa shape index (κ1) is 12.5. The van der Waals surface area contributed by atoms with Gasteiger partial charge in [-0.2, -0.15) is 5.26 Å². The molecule has 0 saturated heterocycles. The minimum atomic E-state index is 0.286. The van der Waals surface area contributed by atoms with Gasteiger partial charge in [0, 0.05) is 11.2 Å². The molecule has 0 saturated carbocycles. The van der Waals surface area contributed by atoms with Gasteiger partial charge in [0.25, 0.3) is 0 Å². The standard InChI is InChI=1S/C15H10ClN3O/c16-11-4-6-12(7-5-11)20-10-15-18-13(9-17)14-3-1-2-8-19(14)15/h1-8H,10H2. The van der Waals surface area contributed by atoms with E-state index in [0.29, 0.717) is 22.3 Å². The number of aromatic nitrogens is 2. The molecule has 0 N–H and O–H groups in total. The van der Waals surface area contributed by atoms with Gasteiger partial charge in [-0.05, 0) is 36.4 Å². The highest BCUT2D eigenvalue weighted by atomic mass is 35.5. The van der Waals surface area contributed by atoms with Crippen LogP contribution < -0.4 is 4.74 Å². The summed E-state index contributed by atoms with van der Waals surface area (Å²) in [6.07, 6.45) is 1.86. The Morgan fingerprint density at radius 1 is 1.20 bits per heavy atom. The Morgan fingerprint density at radius 3 is 2.75 bits per heavy atom. The summed E-state index contributed by atoms with van der Waals surface area (Å²) in [6, 6.07) is 14.8. The molecular weight excluding hydrogens is 274 g/mol. The zero-order valence-electron chi connectivity index (χ0n) is 10.5. The lowest BCUT2D eigenvalue weighted by Gasteiger charge is -2.05. The van der Waals surface area contributed by atoms with Crippen LogP contribution in [0.1, 0.15) is 11.5 Å². The van der Waals surface area contributed by atoms with E-state index < -0.39 is 0 Å². The van der Waals surface area contributed by atoms with Gasteiger partial charge in [-0.1, -0.05) is 17.7 Å². The third-order valence-electron chi connectivity index (χ3n) is 2.91. The van der Waals surface area contributed by atoms with Crippen molar-refractivity contribution in [2.24, 2.45) is 0 Å². The van der Waals surface area contributed by atoms with Gasteiger partial charge >= 0.3 is 0 Å². The number of hydrogen-bond donors (Lipinski definition) is 0. The lowest BCUT2D eigenvalue weighted by molar-refractivity contribution is 0.295. The molecule has 0 aliphatic heterocycles. The van der Waals surface area contributed by atoms with Crippen LogP contribution in [0.25, 0.3) is 5.52 Å². The van der Waals surface area contributed by atoms with Crippen LogP contribution in [0.2, 0.25) is 5.02 Å². The highest BCUT2D eigenvalue weighted by Gasteiger charge is 2.10. The molecule has 4 nitrogen and oxygen atoms in total. The van der Waals surface area contributed by atoms with E-state index in [2.05, 4.69) is 11.1 Å². The SMILES string of the molecule is N#Cc1nc(COc2ccc(Cl)cc2)n2ccccc12. The Bertz CT molecular complexity index is 787. The predicted octanol–water partition coefficient (Wildman–Crippen LogP) is 3.44. The van der Waals surface area contributed by atoms with Crippen molar-refractivity contribution in [2.75, 3.05) is 0 Å². The maximum atomic E-state index is 9.08. The highest BCUT2D eigenvalue weighted by Crippen LogP contribution is 2.18. The molecule has 0 unspecified atom stereocenters. The van der Waals surface area contributed by atoms with Crippen molar-refractivity contribution in [2.45, 2.75) is 6.61 Å². The van der Waals surface area contributed by atoms with E-state index >= 15 is 0 Å². The van der Waals surface area contributed by atoms with Crippen molar-refractivity contribution in [1.82, 2.24) is 9.38 Å². The fraction of sp³-hybridized carbons (Fsp3) is 0.0667. The summed E-state index contributed by atoms with van der Waals surface area (Å²) in [4.78, 5) is 4.29. The summed E-state index contributed by atoms with van der Waals surface area (Å²) in [5.41, 5.74) is 1.19. The van der Waals surface area contributed by atoms with E-state index in [0.717, 1.165) is 5.52 Å². The fourth-order valence-corrected chi connectivity index (χ4v) is 2.09. The van der Waals surface area contributed by atoms with Crippen molar-refractivity contribution < 1.29 is 4.74 Å². The van der Waals surface area contributed by atoms with Crippen molar-refractivity contribution in [3.8, 4) is 11.8 Å². The fourth-order valence-electron chi connectivity index (χ4n) is 1.96. The smallest absolute Gasteiger partial charge is 0.166 e. The summed E-state index contributed by atoms with van der Waals surface area (Å²) in [5.74, 6) is 1.40. The molecule has 0 radical (unpaired) electrons. The van der Waals surface area contributed by atoms with Crippen molar-refractivity contribution >= 4 is 17.1 Å². The topological polar surface area (TPSA) is 50.3 Å². The lowest BCUT2D eigenvalue weighted by Crippen LogP contribution is -2.00. The molecule has 2 aromatic heterocycles. The molecule has 0 spiro atoms. The molecular formula is C15H10ClN3O. The average molecular weight is 284 g/mol. The Labute approximate surface area is 120 Å². The van der Waals surface area contributed by atoms with Crippen LogP contribution >= 0.6 is 11.6 Å². The van der Waals surface area contributed by atoms with Crippen molar-refractivity contribution in [3.05, 3.63) is 65.2 Å². The van der Waals surface area contributed by atoms with Gasteiger partial charge in [0.15, 0.2) is 11.5 Å². The minimum absolute atomic E-state index is 0.286. The molecule has 3 rings (SSSR count). The quantitative estimate of drug-likeness (QED) is 0.740. The number of pyridine rings is 1. The number of ether oxygens (including phenoxy) is 1. The number of halogens is 1. The summed E-state index contributed by atoms with van der Waals surface area (Å²) >= 11 is 5.82. The summed E-state index contributed by atoms with van der Waals surface area (Å²) in [7, 11) is 0. The van der Waals surface area contributed by atoms with E-state index in [-0.39, 0.29) is 6.61 Å². The van der Waals surface area contributed by atoms with Gasteiger partial charge in [-0.3, -0.25) is 4.40 Å². The number of hydrogen-bond acceptors (Lipinski definition) is 3. The third kappa shape index (κ3) is 2.31. The summed E-state index contributed by atoms with van der Waals surface area (Å²) < 4.78 is 7.52. The monoisotopic (exact) mass is 283 g/mol. The van der Waals surface area contributed by atoms with E-state index in [4.69, 9.17) is 21.6 Å². The van der Waals surface area contributed by atoms with Crippen LogP contribution in [0, 0.1) is 11.3 Å². The van der Waals surface area contributed by atoms with Crippen LogP contribution in [0.15, 0.2) is 48.7 Å². The first-order chi connectivity index (χ1) is 9.78. The normalized spacial score (nSPS) is 10.4. The van der Waals surface area contributed by atoms with Crippen LogP contribution in [-0.4, -0.2) is 9.38 Å². The Hall–Kier alpha value is -2.51. The zero-order chi connectivity index (χ0) is 13.9. The molecule has 0 fully saturated rings. The van der Waals surface area contributed by atoms with Gasteiger partial charge in [-0.15, -0.1) is 0 Å². The summed E-state index contributed by atoms with van der Waals surface area (Å²) in [6.45, 7) is 0.286. The molecule has 2 heterocycles. The van der Waals surface area contributed by atoms with E-state index in [1.54, 1.807) is 24.3 Å². The first-order valence-electron chi connectivity index (χ1n) is 6.02. The molecule has 0 amide bonds. The van der Waals surface area contributed by atoms with Crippen molar-refractivity contribution in [1.29, 1.82) is 5.26 Å². The van der Waals surface area contributed by atoms with E-state index in [1.165, 1.54) is 0 Å². The predicted molar refractivity (Wildman–Crippen MR) is 75.7 cm³/mol. The largest absolute Gasteiger partial charge is 0.486 e. The van der Waals surface area contributed by atoms with E-state index in [1.807, 2.05) is 28.8 Å². The van der Waals surface area contributed by atoms with Gasteiger partial charge in [0.05, 0.1) is 5.52 Å². The highest BCUT2D eigenvalue weighted by molar-refractivity contribution is 6.30. The second kappa shape index (κ2) is 5.24. The molecule has 1 aromatic carbocycles. The van der Waals surface area contributed by atoms with Crippen LogP contribution in [-0.2, 0) is 6.61 Å². The second-order valence-corrected chi connectivity index (χ2v) is 4.62. The maximum absolute atomic E-state index is 9.08. The molecule has 20 heavy (non-hydrogen) atoms. The van der Waals surface area contributed by atoms with Crippen LogP contribution in [0.5, 0.6) is 5.75 Å². The van der Waals surface area contributed by atoms with Gasteiger partial charge in [0.2, 0.25) is 0 Å². The number of fused-ring (bicyclic) bond motifs is 1. The third-order valence-corrected chi connectivity index (χ3v) is 3.16. The molecule has 98 valence electrons. The number of rotatable bonds is 3. The van der Waals surface area contributed by atoms with Crippen LogP contribution in [0.4, 0.5) is 0 Å². The Morgan fingerprint density at radius 2 is 2.00 bits per heavy atom. The van der Waals surface area contributed by atoms with Gasteiger partial charge in [-0.25, -0.2) is 4.98 Å². The molecule has 0 aliphatic rings. The molecule has 5 heteroatoms. The van der Waals surface area contributed by atoms with Crippen LogP contribution in [0.3, 0.4) is 0 Å². The minimum Gasteiger partial charge on any atom is -0.486 e. The molecule has 3 aromatic rings. The average Bonchev–Trinajstić information content (AvgIpc) is 2.85. The maximum Gasteiger partial charge on any atom is 0.166 e. The Balaban J connectivity index is 1.88. The molecule has 0 bridgehead atoms. The lowest BCUT2D eigenvalue weighted by atomic mass is 10.3. The van der Waals surface area contributed by atoms with Crippen molar-refractivity contribution in [3.63, 3.8) is 0 Å². The van der Waals surface area contributed by atoms with E-state index in [9.17, 15) is 0 Å². The number of benzene rings is 1.